The van der Waals surface area contributed by atoms with E-state index < -0.39 is 51.0 Å². The van der Waals surface area contributed by atoms with Crippen molar-refractivity contribution in [3.63, 3.8) is 0 Å². The topological polar surface area (TPSA) is 98.9 Å². The number of hydrogen-bond donors (Lipinski definition) is 1. The van der Waals surface area contributed by atoms with E-state index in [0.717, 1.165) is 13.1 Å². The summed E-state index contributed by atoms with van der Waals surface area (Å²) in [5.74, 6) is -3.28. The molecule has 0 saturated carbocycles. The van der Waals surface area contributed by atoms with Gasteiger partial charge >= 0.3 is 6.18 Å². The number of aromatic nitrogens is 2. The van der Waals surface area contributed by atoms with Gasteiger partial charge in [0.15, 0.2) is 15.6 Å². The molecule has 0 radical (unpaired) electrons. The minimum Gasteiger partial charge on any atom is -0.294 e. The number of nitrogens with one attached hydrogen (secondary N) is 1. The Morgan fingerprint density at radius 2 is 1.77 bits per heavy atom. The van der Waals surface area contributed by atoms with Crippen LogP contribution in [0.25, 0.3) is 11.1 Å². The Hall–Kier alpha value is -3.44. The summed E-state index contributed by atoms with van der Waals surface area (Å²) in [6.07, 6.45) is -1.46. The van der Waals surface area contributed by atoms with Crippen molar-refractivity contribution in [2.24, 2.45) is 11.8 Å². The molecule has 0 spiro atoms. The molecule has 0 aliphatic carbocycles. The lowest BCUT2D eigenvalue weighted by molar-refractivity contribution is -0.171. The van der Waals surface area contributed by atoms with Gasteiger partial charge in [0.25, 0.3) is 0 Å². The summed E-state index contributed by atoms with van der Waals surface area (Å²) in [5.41, 5.74) is 2.75. The summed E-state index contributed by atoms with van der Waals surface area (Å²) in [5, 5.41) is 1.51. The largest absolute Gasteiger partial charge is 0.391 e. The molecule has 4 rings (SSSR count). The third kappa shape index (κ3) is 7.04. The molecular weight excluding hydrogens is 582 g/mol. The number of aryl methyl sites for hydroxylation is 1. The summed E-state index contributed by atoms with van der Waals surface area (Å²) in [4.78, 5) is 22.8. The zero-order chi connectivity index (χ0) is 31.7. The van der Waals surface area contributed by atoms with Crippen LogP contribution in [0.15, 0.2) is 65.8 Å². The van der Waals surface area contributed by atoms with Gasteiger partial charge in [0, 0.05) is 41.5 Å². The number of allylic oxidation sites excluding steroid dienone is 2. The van der Waals surface area contributed by atoms with Gasteiger partial charge in [-0.2, -0.15) is 13.2 Å². The second-order valence-electron chi connectivity index (χ2n) is 11.2. The predicted molar refractivity (Wildman–Crippen MR) is 157 cm³/mol. The average molecular weight is 618 g/mol. The lowest BCUT2D eigenvalue weighted by atomic mass is 9.80. The Balaban J connectivity index is 1.83. The highest BCUT2D eigenvalue weighted by Gasteiger charge is 2.50. The van der Waals surface area contributed by atoms with Crippen LogP contribution in [0, 0.1) is 24.6 Å². The number of halogens is 4. The van der Waals surface area contributed by atoms with Crippen LogP contribution < -0.4 is 5.32 Å². The van der Waals surface area contributed by atoms with Crippen molar-refractivity contribution in [3.05, 3.63) is 89.3 Å². The highest BCUT2D eigenvalue weighted by Crippen LogP contribution is 2.40. The van der Waals surface area contributed by atoms with Crippen molar-refractivity contribution in [1.82, 2.24) is 15.3 Å². The average Bonchev–Trinajstić information content (AvgIpc) is 3.76. The van der Waals surface area contributed by atoms with Crippen LogP contribution in [0.5, 0.6) is 0 Å². The smallest absolute Gasteiger partial charge is 0.294 e. The lowest BCUT2D eigenvalue weighted by Gasteiger charge is -2.23. The summed E-state index contributed by atoms with van der Waals surface area (Å²) < 4.78 is 80.1. The fourth-order valence-electron chi connectivity index (χ4n) is 5.07. The predicted octanol–water partition coefficient (Wildman–Crippen LogP) is 6.91. The van der Waals surface area contributed by atoms with E-state index in [1.54, 1.807) is 38.2 Å². The number of hydrogen-bond acceptors (Lipinski definition) is 6. The third-order valence-corrected chi connectivity index (χ3v) is 10.1. The Bertz CT molecular complexity index is 1610. The zero-order valence-electron chi connectivity index (χ0n) is 24.6. The summed E-state index contributed by atoms with van der Waals surface area (Å²) in [6.45, 7) is 8.33. The standard InChI is InChI=1S/C32H35F4N3O3S/c1-6-18(2)30(40)29(24-16-22(33)11-10-19(24)3)28(21(5)25-9-7-8-14-37-25)26-13-12-23(17-38-26)43(41,42)31-27(39-31)15-20(4)32(34,35)36/h7-14,16-18,20-21,27,31,39H,6,15H2,1-5H3. The number of alkyl halides is 3. The molecule has 1 aromatic carbocycles. The lowest BCUT2D eigenvalue weighted by Crippen LogP contribution is -2.23. The fraction of sp³-hybridized carbons (Fsp3) is 0.406. The van der Waals surface area contributed by atoms with E-state index in [0.29, 0.717) is 34.5 Å². The third-order valence-electron chi connectivity index (χ3n) is 8.09. The molecule has 1 saturated heterocycles. The van der Waals surface area contributed by atoms with Gasteiger partial charge in [-0.15, -0.1) is 0 Å². The molecule has 1 fully saturated rings. The monoisotopic (exact) mass is 617 g/mol. The van der Waals surface area contributed by atoms with Crippen molar-refractivity contribution in [2.75, 3.05) is 0 Å². The number of carbonyl (C=O) groups excluding carboxylic acids is 1. The van der Waals surface area contributed by atoms with E-state index >= 15 is 0 Å². The first-order chi connectivity index (χ1) is 20.2. The number of carbonyl (C=O) groups is 1. The van der Waals surface area contributed by atoms with Crippen LogP contribution >= 0.6 is 0 Å². The van der Waals surface area contributed by atoms with Crippen molar-refractivity contribution >= 4 is 26.8 Å². The molecule has 3 heterocycles. The van der Waals surface area contributed by atoms with Gasteiger partial charge in [0.2, 0.25) is 0 Å². The van der Waals surface area contributed by atoms with Crippen molar-refractivity contribution in [3.8, 4) is 0 Å². The Labute approximate surface area is 249 Å². The maximum atomic E-state index is 14.6. The number of rotatable bonds is 11. The Kier molecular flexibility index (Phi) is 9.56. The Morgan fingerprint density at radius 3 is 2.35 bits per heavy atom. The van der Waals surface area contributed by atoms with E-state index in [9.17, 15) is 30.8 Å². The summed E-state index contributed by atoms with van der Waals surface area (Å²) >= 11 is 0. The number of benzene rings is 1. The quantitative estimate of drug-likeness (QED) is 0.143. The SMILES string of the molecule is CCC(C)C(=O)C(=C(c1ccc(S(=O)(=O)C2NC2CC(C)C(F)(F)F)cn1)C(C)c1ccccn1)c1cc(F)ccc1C. The van der Waals surface area contributed by atoms with Crippen molar-refractivity contribution in [2.45, 2.75) is 75.9 Å². The van der Waals surface area contributed by atoms with Gasteiger partial charge in [0.05, 0.1) is 16.5 Å². The molecule has 5 atom stereocenters. The second-order valence-corrected chi connectivity index (χ2v) is 13.3. The maximum absolute atomic E-state index is 14.6. The number of ketones is 1. The minimum absolute atomic E-state index is 0.155. The number of sulfone groups is 1. The van der Waals surface area contributed by atoms with E-state index in [1.807, 2.05) is 19.9 Å². The molecule has 0 amide bonds. The molecule has 1 aliphatic heterocycles. The van der Waals surface area contributed by atoms with Crippen LogP contribution in [0.2, 0.25) is 0 Å². The number of nitrogens with zero attached hydrogens (tertiary/aromatic N) is 2. The van der Waals surface area contributed by atoms with Crippen molar-refractivity contribution in [1.29, 1.82) is 0 Å². The Morgan fingerprint density at radius 1 is 1.05 bits per heavy atom. The number of pyridine rings is 2. The van der Waals surface area contributed by atoms with Crippen LogP contribution in [0.4, 0.5) is 17.6 Å². The van der Waals surface area contributed by atoms with Gasteiger partial charge in [-0.25, -0.2) is 12.8 Å². The number of Topliss-reactive ketones (excluding diaryl/α,β-unsaturated/α-hetero) is 1. The molecule has 1 aliphatic rings. The van der Waals surface area contributed by atoms with Crippen LogP contribution in [0.1, 0.15) is 69.0 Å². The molecule has 6 nitrogen and oxygen atoms in total. The molecule has 3 aromatic rings. The summed E-state index contributed by atoms with van der Waals surface area (Å²) in [7, 11) is -4.03. The molecular formula is C32H35F4N3O3S. The molecule has 230 valence electrons. The van der Waals surface area contributed by atoms with Gasteiger partial charge in [-0.3, -0.25) is 20.1 Å². The van der Waals surface area contributed by atoms with E-state index in [-0.39, 0.29) is 22.7 Å². The van der Waals surface area contributed by atoms with Crippen LogP contribution in [-0.4, -0.2) is 41.8 Å². The molecule has 2 aromatic heterocycles. The summed E-state index contributed by atoms with van der Waals surface area (Å²) in [6, 6.07) is 11.6. The van der Waals surface area contributed by atoms with E-state index in [1.165, 1.54) is 24.3 Å². The van der Waals surface area contributed by atoms with Gasteiger partial charge in [0.1, 0.15) is 11.2 Å². The first-order valence-electron chi connectivity index (χ1n) is 14.2. The minimum atomic E-state index is -4.42. The fourth-order valence-corrected chi connectivity index (χ4v) is 6.72. The second kappa shape index (κ2) is 12.7. The molecule has 5 unspecified atom stereocenters. The van der Waals surface area contributed by atoms with Crippen molar-refractivity contribution < 1.29 is 30.8 Å². The van der Waals surface area contributed by atoms with Gasteiger partial charge in [-0.1, -0.05) is 39.8 Å². The van der Waals surface area contributed by atoms with Gasteiger partial charge < -0.3 is 0 Å². The molecule has 1 N–H and O–H groups in total. The normalized spacial score (nSPS) is 19.7. The van der Waals surface area contributed by atoms with Crippen LogP contribution in [0.3, 0.4) is 0 Å². The first kappa shape index (κ1) is 32.5. The highest BCUT2D eigenvalue weighted by molar-refractivity contribution is 7.92. The van der Waals surface area contributed by atoms with E-state index in [4.69, 9.17) is 0 Å². The van der Waals surface area contributed by atoms with Crippen LogP contribution in [-0.2, 0) is 14.6 Å². The maximum Gasteiger partial charge on any atom is 0.391 e. The highest BCUT2D eigenvalue weighted by atomic mass is 32.2. The molecule has 0 bridgehead atoms. The first-order valence-corrected chi connectivity index (χ1v) is 15.7. The van der Waals surface area contributed by atoms with Gasteiger partial charge in [-0.05, 0) is 72.9 Å². The zero-order valence-corrected chi connectivity index (χ0v) is 25.4. The van der Waals surface area contributed by atoms with E-state index in [2.05, 4.69) is 15.3 Å². The molecule has 11 heteroatoms. The molecule has 43 heavy (non-hydrogen) atoms.